The van der Waals surface area contributed by atoms with Gasteiger partial charge in [-0.2, -0.15) is 0 Å². The smallest absolute Gasteiger partial charge is 0.311 e. The van der Waals surface area contributed by atoms with Crippen molar-refractivity contribution in [2.75, 3.05) is 21.2 Å². The maximum absolute atomic E-state index is 14.0. The van der Waals surface area contributed by atoms with Crippen molar-refractivity contribution in [3.63, 3.8) is 0 Å². The van der Waals surface area contributed by atoms with Gasteiger partial charge in [-0.05, 0) is 75.4 Å². The zero-order valence-electron chi connectivity index (χ0n) is 32.7. The van der Waals surface area contributed by atoms with Gasteiger partial charge in [0.1, 0.15) is 23.9 Å². The molecule has 18 atom stereocenters. The fraction of sp³-hybridized carbons (Fsp3) is 0.944. The maximum Gasteiger partial charge on any atom is 0.311 e. The molecule has 15 nitrogen and oxygen atoms in total. The van der Waals surface area contributed by atoms with Gasteiger partial charge in [-0.25, -0.2) is 0 Å². The third-order valence-corrected chi connectivity index (χ3v) is 11.8. The van der Waals surface area contributed by atoms with E-state index in [9.17, 15) is 35.5 Å². The summed E-state index contributed by atoms with van der Waals surface area (Å²) >= 11 is 0. The summed E-state index contributed by atoms with van der Waals surface area (Å²) in [5.41, 5.74) is -4.69. The number of esters is 1. The Morgan fingerprint density at radius 3 is 2.04 bits per heavy atom. The Morgan fingerprint density at radius 1 is 0.882 bits per heavy atom. The van der Waals surface area contributed by atoms with E-state index in [4.69, 9.17) is 28.4 Å². The van der Waals surface area contributed by atoms with E-state index >= 15 is 0 Å². The minimum Gasteiger partial charge on any atom is -0.459 e. The molecule has 0 aromatic carbocycles. The Bertz CT molecular complexity index is 1190. The molecule has 0 aliphatic carbocycles. The lowest BCUT2D eigenvalue weighted by Gasteiger charge is -2.49. The van der Waals surface area contributed by atoms with Gasteiger partial charge in [0.25, 0.3) is 0 Å². The zero-order chi connectivity index (χ0) is 39.0. The number of aliphatic hydroxyl groups excluding tert-OH is 3. The first-order valence-corrected chi connectivity index (χ1v) is 18.2. The number of oxime groups is 1. The molecule has 3 aliphatic rings. The molecule has 298 valence electrons. The largest absolute Gasteiger partial charge is 0.459 e. The van der Waals surface area contributed by atoms with Crippen LogP contribution < -0.4 is 0 Å². The lowest BCUT2D eigenvalue weighted by Crippen LogP contribution is -2.61. The number of hydrogen-bond donors (Lipinski definition) is 6. The van der Waals surface area contributed by atoms with E-state index in [1.54, 1.807) is 48.5 Å². The van der Waals surface area contributed by atoms with Gasteiger partial charge in [0.05, 0.1) is 53.4 Å². The minimum atomic E-state index is -1.98. The summed E-state index contributed by atoms with van der Waals surface area (Å²) in [5, 5.41) is 71.3. The van der Waals surface area contributed by atoms with Gasteiger partial charge < -0.3 is 64.1 Å². The first-order valence-electron chi connectivity index (χ1n) is 18.2. The van der Waals surface area contributed by atoms with E-state index < -0.39 is 102 Å². The maximum atomic E-state index is 14.0. The van der Waals surface area contributed by atoms with Crippen molar-refractivity contribution in [3.8, 4) is 0 Å². The Kier molecular flexibility index (Phi) is 14.5. The number of hydrogen-bond acceptors (Lipinski definition) is 15. The van der Waals surface area contributed by atoms with Crippen LogP contribution in [-0.2, 0) is 33.2 Å². The van der Waals surface area contributed by atoms with Crippen molar-refractivity contribution in [1.82, 2.24) is 4.90 Å². The average Bonchev–Trinajstić information content (AvgIpc) is 3.04. The van der Waals surface area contributed by atoms with Crippen LogP contribution in [0.25, 0.3) is 0 Å². The van der Waals surface area contributed by atoms with Crippen molar-refractivity contribution in [2.24, 2.45) is 28.8 Å². The first kappa shape index (κ1) is 43.9. The van der Waals surface area contributed by atoms with Crippen LogP contribution in [0.2, 0.25) is 0 Å². The van der Waals surface area contributed by atoms with Crippen molar-refractivity contribution in [1.29, 1.82) is 0 Å². The molecule has 0 saturated carbocycles. The van der Waals surface area contributed by atoms with E-state index in [2.05, 4.69) is 5.16 Å². The number of carbonyl (C=O) groups is 1. The number of methoxy groups -OCH3 is 1. The second-order valence-corrected chi connectivity index (χ2v) is 16.3. The summed E-state index contributed by atoms with van der Waals surface area (Å²) in [4.78, 5) is 15.9. The second-order valence-electron chi connectivity index (χ2n) is 16.3. The highest BCUT2D eigenvalue weighted by Gasteiger charge is 2.53. The van der Waals surface area contributed by atoms with Crippen LogP contribution >= 0.6 is 0 Å². The zero-order valence-corrected chi connectivity index (χ0v) is 32.7. The van der Waals surface area contributed by atoms with Crippen LogP contribution in [0.15, 0.2) is 5.16 Å². The molecule has 0 radical (unpaired) electrons. The highest BCUT2D eigenvalue weighted by atomic mass is 16.7. The number of carbonyl (C=O) groups excluding carboxylic acids is 1. The molecular weight excluding hydrogens is 668 g/mol. The highest BCUT2D eigenvalue weighted by molar-refractivity contribution is 5.88. The Morgan fingerprint density at radius 2 is 1.49 bits per heavy atom. The van der Waals surface area contributed by atoms with Gasteiger partial charge in [-0.15, -0.1) is 0 Å². The molecule has 0 aromatic rings. The van der Waals surface area contributed by atoms with Crippen LogP contribution in [0.5, 0.6) is 0 Å². The second kappa shape index (κ2) is 16.9. The van der Waals surface area contributed by atoms with Crippen molar-refractivity contribution in [2.45, 2.75) is 173 Å². The van der Waals surface area contributed by atoms with E-state index in [0.717, 1.165) is 0 Å². The third kappa shape index (κ3) is 9.42. The van der Waals surface area contributed by atoms with Gasteiger partial charge in [0, 0.05) is 37.3 Å². The molecule has 3 heterocycles. The van der Waals surface area contributed by atoms with Crippen LogP contribution in [0, 0.1) is 23.7 Å². The van der Waals surface area contributed by atoms with Crippen molar-refractivity contribution < 1.29 is 64.0 Å². The molecule has 3 fully saturated rings. The summed E-state index contributed by atoms with van der Waals surface area (Å²) in [6.45, 7) is 16.3. The highest BCUT2D eigenvalue weighted by Crippen LogP contribution is 2.40. The van der Waals surface area contributed by atoms with Gasteiger partial charge in [0.15, 0.2) is 12.6 Å². The molecule has 3 aliphatic heterocycles. The number of cyclic esters (lactones) is 1. The molecule has 3 saturated heterocycles. The molecule has 51 heavy (non-hydrogen) atoms. The summed E-state index contributed by atoms with van der Waals surface area (Å²) in [7, 11) is 5.18. The van der Waals surface area contributed by atoms with Gasteiger partial charge in [0.2, 0.25) is 0 Å². The average molecular weight is 735 g/mol. The number of likely N-dealkylation sites (N-methyl/N-ethyl adjacent to an activating group) is 1. The summed E-state index contributed by atoms with van der Waals surface area (Å²) in [6, 6.07) is -0.322. The van der Waals surface area contributed by atoms with E-state index in [0.29, 0.717) is 6.42 Å². The lowest BCUT2D eigenvalue weighted by atomic mass is 9.74. The monoisotopic (exact) mass is 734 g/mol. The number of nitrogens with zero attached hydrogens (tertiary/aromatic N) is 2. The van der Waals surface area contributed by atoms with Gasteiger partial charge in [-0.1, -0.05) is 25.9 Å². The summed E-state index contributed by atoms with van der Waals surface area (Å²) in [5.74, 6) is -4.26. The Balaban J connectivity index is 2.19. The lowest BCUT2D eigenvalue weighted by molar-refractivity contribution is -0.317. The van der Waals surface area contributed by atoms with Gasteiger partial charge >= 0.3 is 5.97 Å². The van der Waals surface area contributed by atoms with Crippen LogP contribution in [0.1, 0.15) is 88.5 Å². The third-order valence-electron chi connectivity index (χ3n) is 11.8. The van der Waals surface area contributed by atoms with Crippen molar-refractivity contribution in [3.05, 3.63) is 0 Å². The number of rotatable bonds is 6. The standard InChI is InChI=1S/C36H66N2O13/c1-17-15-34(8,43)31(51-33-27(39)24(38(11)12)14-18(2)47-33)20(4)28(50-25-16-35(9,46-13)30(41)22(6)48-25)21(5)32(42)49-23(7)36(10,44)29(40)19(3)26(17)37-45/h17-25,27-31,33,39-41,43-45H,14-16H2,1-13H3/b37-26+/t17-,18-,19+,20+,21-,22+,23-,24+,25+,27-,28+,29-,30+,31-,33+,34-,35-,36-/m1/s1. The molecule has 3 rings (SSSR count). The van der Waals surface area contributed by atoms with E-state index in [1.807, 2.05) is 25.9 Å². The molecule has 0 bridgehead atoms. The Hall–Kier alpha value is -1.50. The SMILES string of the molecule is CO[C@]1(C)C[C@H](O[C@H]2[C@H](C)[C@@H](O[C@@H]3O[C@H](C)C[C@H](N(C)C)[C@H]3O)[C@](C)(O)C[C@@H](C)/C(=N\O)[C@H](C)[C@@H](O)[C@](C)(O)[C@@H](C)OC(=O)[C@@H]2C)O[C@@H](C)[C@@H]1O. The molecular formula is C36H66N2O13. The van der Waals surface area contributed by atoms with Crippen molar-refractivity contribution >= 4 is 11.7 Å². The normalized spacial score (nSPS) is 50.5. The topological polar surface area (TPSA) is 209 Å². The van der Waals surface area contributed by atoms with Gasteiger partial charge in [-0.3, -0.25) is 4.79 Å². The predicted molar refractivity (Wildman–Crippen MR) is 186 cm³/mol. The molecule has 0 spiro atoms. The minimum absolute atomic E-state index is 0.0674. The Labute approximate surface area is 303 Å². The summed E-state index contributed by atoms with van der Waals surface area (Å²) in [6.07, 6.45) is -9.71. The molecule has 0 aromatic heterocycles. The quantitative estimate of drug-likeness (QED) is 0.130. The number of ether oxygens (including phenoxy) is 6. The van der Waals surface area contributed by atoms with E-state index in [1.165, 1.54) is 21.0 Å². The van der Waals surface area contributed by atoms with Crippen LogP contribution in [0.3, 0.4) is 0 Å². The molecule has 0 amide bonds. The predicted octanol–water partition coefficient (Wildman–Crippen LogP) is 1.66. The number of aliphatic hydroxyl groups is 5. The molecule has 0 unspecified atom stereocenters. The fourth-order valence-electron chi connectivity index (χ4n) is 8.20. The first-order chi connectivity index (χ1) is 23.4. The fourth-order valence-corrected chi connectivity index (χ4v) is 8.20. The molecule has 15 heteroatoms. The summed E-state index contributed by atoms with van der Waals surface area (Å²) < 4.78 is 37.0. The van der Waals surface area contributed by atoms with Crippen LogP contribution in [0.4, 0.5) is 0 Å². The van der Waals surface area contributed by atoms with Crippen LogP contribution in [-0.4, -0.2) is 153 Å². The molecule has 6 N–H and O–H groups in total. The van der Waals surface area contributed by atoms with E-state index in [-0.39, 0.29) is 30.7 Å².